The second-order valence-corrected chi connectivity index (χ2v) is 8.19. The van der Waals surface area contributed by atoms with Crippen LogP contribution in [-0.4, -0.2) is 11.9 Å². The number of rotatable bonds is 16. The molecule has 2 radical (unpaired) electrons. The molecule has 0 heterocycles. The maximum Gasteiger partial charge on any atom is 0.373 e. The summed E-state index contributed by atoms with van der Waals surface area (Å²) in [5.41, 5.74) is 3.04. The number of unbranched alkanes of at least 4 members (excludes halogenated alkanes) is 4. The minimum absolute atomic E-state index is 0.103. The second-order valence-electron chi connectivity index (χ2n) is 8.19. The Balaban J connectivity index is 1.87. The average Bonchev–Trinajstić information content (AvgIpc) is 2.87. The van der Waals surface area contributed by atoms with Crippen LogP contribution < -0.4 is 0 Å². The zero-order valence-electron chi connectivity index (χ0n) is 20.3. The van der Waals surface area contributed by atoms with Gasteiger partial charge in [0.05, 0.1) is 11.1 Å². The molecule has 6 heteroatoms. The Morgan fingerprint density at radius 2 is 1.09 bits per heavy atom. The molecule has 2 aromatic carbocycles. The molecule has 2 aromatic rings. The molecule has 0 saturated carbocycles. The van der Waals surface area contributed by atoms with Crippen LogP contribution in [0.15, 0.2) is 48.5 Å². The Morgan fingerprint density at radius 1 is 0.647 bits per heavy atom. The van der Waals surface area contributed by atoms with E-state index in [1.165, 1.54) is 0 Å². The van der Waals surface area contributed by atoms with Crippen molar-refractivity contribution in [3.8, 4) is 0 Å². The lowest BCUT2D eigenvalue weighted by Crippen LogP contribution is -2.16. The maximum absolute atomic E-state index is 12.3. The molecule has 2 rings (SSSR count). The summed E-state index contributed by atoms with van der Waals surface area (Å²) in [7, 11) is 0. The molecule has 0 bridgehead atoms. The van der Waals surface area contributed by atoms with Crippen molar-refractivity contribution in [1.29, 1.82) is 0 Å². The molecular formula is C28H36O6. The Labute approximate surface area is 203 Å². The lowest BCUT2D eigenvalue weighted by atomic mass is 10.1. The number of carbonyl (C=O) groups excluding carboxylic acids is 2. The van der Waals surface area contributed by atoms with E-state index in [2.05, 4.69) is 20.8 Å². The van der Waals surface area contributed by atoms with E-state index < -0.39 is 11.9 Å². The van der Waals surface area contributed by atoms with Crippen molar-refractivity contribution in [2.75, 3.05) is 0 Å². The van der Waals surface area contributed by atoms with E-state index >= 15 is 0 Å². The largest absolute Gasteiger partial charge is 0.373 e. The third-order valence-corrected chi connectivity index (χ3v) is 5.32. The highest BCUT2D eigenvalue weighted by atomic mass is 17.3. The number of benzene rings is 2. The first kappa shape index (κ1) is 27.5. The summed E-state index contributed by atoms with van der Waals surface area (Å²) >= 11 is 0. The normalized spacial score (nSPS) is 10.9. The third-order valence-electron chi connectivity index (χ3n) is 5.32. The second kappa shape index (κ2) is 16.0. The smallest absolute Gasteiger partial charge is 0.289 e. The van der Waals surface area contributed by atoms with E-state index in [0.29, 0.717) is 24.0 Å². The fourth-order valence-corrected chi connectivity index (χ4v) is 3.18. The van der Waals surface area contributed by atoms with Crippen LogP contribution in [0.1, 0.15) is 97.1 Å². The van der Waals surface area contributed by atoms with Gasteiger partial charge in [-0.05, 0) is 67.5 Å². The highest BCUT2D eigenvalue weighted by Crippen LogP contribution is 2.19. The average molecular weight is 469 g/mol. The lowest BCUT2D eigenvalue weighted by molar-refractivity contribution is -0.363. The zero-order chi connectivity index (χ0) is 24.6. The van der Waals surface area contributed by atoms with Crippen LogP contribution in [0.4, 0.5) is 0 Å². The van der Waals surface area contributed by atoms with Crippen molar-refractivity contribution in [2.45, 2.75) is 78.1 Å². The number of hydrogen-bond acceptors (Lipinski definition) is 6. The van der Waals surface area contributed by atoms with Gasteiger partial charge in [0.2, 0.25) is 0 Å². The van der Waals surface area contributed by atoms with E-state index in [4.69, 9.17) is 19.6 Å². The first-order valence-electron chi connectivity index (χ1n) is 12.2. The van der Waals surface area contributed by atoms with E-state index in [1.54, 1.807) is 24.3 Å². The minimum atomic E-state index is -0.658. The van der Waals surface area contributed by atoms with Gasteiger partial charge in [0.15, 0.2) is 0 Å². The van der Waals surface area contributed by atoms with Crippen molar-refractivity contribution < 1.29 is 29.1 Å². The van der Waals surface area contributed by atoms with Gasteiger partial charge in [0, 0.05) is 6.42 Å². The molecule has 0 amide bonds. The van der Waals surface area contributed by atoms with Gasteiger partial charge in [-0.2, -0.15) is 0 Å². The summed E-state index contributed by atoms with van der Waals surface area (Å²) in [4.78, 5) is 44.7. The quantitative estimate of drug-likeness (QED) is 0.148. The van der Waals surface area contributed by atoms with E-state index in [-0.39, 0.29) is 6.29 Å². The molecule has 6 nitrogen and oxygen atoms in total. The molecule has 0 N–H and O–H groups in total. The van der Waals surface area contributed by atoms with E-state index in [9.17, 15) is 9.59 Å². The molecule has 0 aliphatic carbocycles. The van der Waals surface area contributed by atoms with Gasteiger partial charge < -0.3 is 0 Å². The van der Waals surface area contributed by atoms with Crippen molar-refractivity contribution >= 4 is 11.9 Å². The van der Waals surface area contributed by atoms with Crippen LogP contribution in [0.3, 0.4) is 0 Å². The fraction of sp³-hybridized carbons (Fsp3) is 0.429. The van der Waals surface area contributed by atoms with Crippen LogP contribution in [-0.2, 0) is 32.4 Å². The standard InChI is InChI=1S/C28H36O6/c1-4-7-10-13-26(31-33-27(29)24-18-14-22(15-19-24)11-8-5-2)32-34-28(30)25-20-16-23(17-21-25)12-9-6-3/h14-21H,1,4-13H2,2-3H3. The summed E-state index contributed by atoms with van der Waals surface area (Å²) in [5, 5.41) is 0. The summed E-state index contributed by atoms with van der Waals surface area (Å²) in [6.07, 6.45) is 8.76. The Bertz CT molecular complexity index is 777. The minimum Gasteiger partial charge on any atom is -0.289 e. The molecule has 0 atom stereocenters. The molecule has 0 aliphatic heterocycles. The van der Waals surface area contributed by atoms with Crippen molar-refractivity contribution in [3.63, 3.8) is 0 Å². The third kappa shape index (κ3) is 10.1. The Kier molecular flexibility index (Phi) is 13.0. The maximum atomic E-state index is 12.3. The van der Waals surface area contributed by atoms with Crippen LogP contribution in [0, 0.1) is 13.2 Å². The molecule has 0 fully saturated rings. The lowest BCUT2D eigenvalue weighted by Gasteiger charge is -2.13. The molecule has 0 unspecified atom stereocenters. The predicted molar refractivity (Wildman–Crippen MR) is 130 cm³/mol. The fourth-order valence-electron chi connectivity index (χ4n) is 3.18. The summed E-state index contributed by atoms with van der Waals surface area (Å²) in [6, 6.07) is 14.4. The summed E-state index contributed by atoms with van der Waals surface area (Å²) < 4.78 is 0. The SMILES string of the molecule is [CH2]CCCC[C](OOC(=O)c1ccc(CCCC)cc1)OOC(=O)c1ccc(CCCC)cc1. The first-order valence-corrected chi connectivity index (χ1v) is 12.2. The van der Waals surface area contributed by atoms with Crippen LogP contribution in [0.25, 0.3) is 0 Å². The van der Waals surface area contributed by atoms with Crippen LogP contribution >= 0.6 is 0 Å². The van der Waals surface area contributed by atoms with Crippen molar-refractivity contribution in [3.05, 3.63) is 84.0 Å². The molecule has 0 aliphatic rings. The monoisotopic (exact) mass is 468 g/mol. The molecule has 184 valence electrons. The summed E-state index contributed by atoms with van der Waals surface area (Å²) in [5.74, 6) is -1.32. The highest BCUT2D eigenvalue weighted by molar-refractivity contribution is 5.89. The van der Waals surface area contributed by atoms with Crippen molar-refractivity contribution in [2.24, 2.45) is 0 Å². The van der Waals surface area contributed by atoms with Gasteiger partial charge >= 0.3 is 18.2 Å². The zero-order valence-corrected chi connectivity index (χ0v) is 20.3. The van der Waals surface area contributed by atoms with Gasteiger partial charge in [-0.15, -0.1) is 9.78 Å². The number of carbonyl (C=O) groups is 2. The predicted octanol–water partition coefficient (Wildman–Crippen LogP) is 7.13. The van der Waals surface area contributed by atoms with Crippen LogP contribution in [0.2, 0.25) is 0 Å². The number of hydrogen-bond donors (Lipinski definition) is 0. The topological polar surface area (TPSA) is 71.1 Å². The van der Waals surface area contributed by atoms with E-state index in [0.717, 1.165) is 62.5 Å². The summed E-state index contributed by atoms with van der Waals surface area (Å²) in [6.45, 7) is 8.07. The van der Waals surface area contributed by atoms with Crippen LogP contribution in [0.5, 0.6) is 0 Å². The molecule has 0 aromatic heterocycles. The Morgan fingerprint density at radius 3 is 1.47 bits per heavy atom. The van der Waals surface area contributed by atoms with Gasteiger partial charge in [-0.25, -0.2) is 9.59 Å². The molecule has 0 saturated heterocycles. The number of aryl methyl sites for hydroxylation is 2. The van der Waals surface area contributed by atoms with Gasteiger partial charge in [0.1, 0.15) is 0 Å². The van der Waals surface area contributed by atoms with Crippen molar-refractivity contribution in [1.82, 2.24) is 0 Å². The molecular weight excluding hydrogens is 432 g/mol. The van der Waals surface area contributed by atoms with Gasteiger partial charge in [-0.3, -0.25) is 9.78 Å². The van der Waals surface area contributed by atoms with E-state index in [1.807, 2.05) is 24.3 Å². The van der Waals surface area contributed by atoms with Gasteiger partial charge in [-0.1, -0.05) is 70.7 Å². The Hall–Kier alpha value is -2.70. The molecule has 34 heavy (non-hydrogen) atoms. The first-order chi connectivity index (χ1) is 16.6. The van der Waals surface area contributed by atoms with Gasteiger partial charge in [0.25, 0.3) is 0 Å². The highest BCUT2D eigenvalue weighted by Gasteiger charge is 2.21. The molecule has 0 spiro atoms.